The van der Waals surface area contributed by atoms with Gasteiger partial charge in [-0.2, -0.15) is 0 Å². The summed E-state index contributed by atoms with van der Waals surface area (Å²) in [6, 6.07) is 13.6. The number of hydrogen-bond acceptors (Lipinski definition) is 1. The Morgan fingerprint density at radius 1 is 0.920 bits per heavy atom. The van der Waals surface area contributed by atoms with Gasteiger partial charge in [-0.3, -0.25) is 0 Å². The molecule has 0 atom stereocenters. The Labute approximate surface area is 148 Å². The van der Waals surface area contributed by atoms with E-state index in [2.05, 4.69) is 87.1 Å². The van der Waals surface area contributed by atoms with Crippen LogP contribution in [-0.2, 0) is 0 Å². The summed E-state index contributed by atoms with van der Waals surface area (Å²) in [4.78, 5) is 4.98. The minimum atomic E-state index is 0.348. The summed E-state index contributed by atoms with van der Waals surface area (Å²) in [5, 5.41) is 3.88. The topological polar surface area (TPSA) is 21.2 Å². The Morgan fingerprint density at radius 2 is 1.60 bits per heavy atom. The van der Waals surface area contributed by atoms with Gasteiger partial charge in [-0.05, 0) is 48.9 Å². The second-order valence-corrected chi connectivity index (χ2v) is 7.63. The van der Waals surface area contributed by atoms with Gasteiger partial charge in [0.25, 0.3) is 5.65 Å². The van der Waals surface area contributed by atoms with Crippen molar-refractivity contribution in [3.63, 3.8) is 0 Å². The summed E-state index contributed by atoms with van der Waals surface area (Å²) in [6.07, 6.45) is 0. The molecule has 4 aromatic rings. The highest BCUT2D eigenvalue weighted by atomic mass is 15.4. The van der Waals surface area contributed by atoms with Crippen LogP contribution in [0.15, 0.2) is 36.4 Å². The predicted molar refractivity (Wildman–Crippen MR) is 104 cm³/mol. The van der Waals surface area contributed by atoms with Gasteiger partial charge < -0.3 is 0 Å². The van der Waals surface area contributed by atoms with Crippen molar-refractivity contribution in [1.82, 2.24) is 9.50 Å². The third kappa shape index (κ3) is 2.18. The molecule has 0 aliphatic heterocycles. The average Bonchev–Trinajstić information content (AvgIpc) is 2.91. The summed E-state index contributed by atoms with van der Waals surface area (Å²) >= 11 is 0. The molecule has 2 aromatic carbocycles. The smallest absolute Gasteiger partial charge is 0.146 e. The fourth-order valence-corrected chi connectivity index (χ4v) is 4.17. The lowest BCUT2D eigenvalue weighted by molar-refractivity contribution is -0.781. The first-order chi connectivity index (χ1) is 11.9. The van der Waals surface area contributed by atoms with Gasteiger partial charge in [0.05, 0.1) is 10.9 Å². The van der Waals surface area contributed by atoms with Crippen molar-refractivity contribution in [2.24, 2.45) is 0 Å². The third-order valence-electron chi connectivity index (χ3n) is 5.19. The Morgan fingerprint density at radius 3 is 2.28 bits per heavy atom. The lowest BCUT2D eigenvalue weighted by Crippen LogP contribution is -2.44. The number of pyridine rings is 1. The molecule has 0 amide bonds. The highest BCUT2D eigenvalue weighted by Crippen LogP contribution is 2.34. The Kier molecular flexibility index (Phi) is 3.57. The minimum absolute atomic E-state index is 0.348. The monoisotopic (exact) mass is 332 g/mol. The molecule has 0 unspecified atom stereocenters. The van der Waals surface area contributed by atoms with E-state index in [1.165, 1.54) is 32.8 Å². The molecule has 0 saturated carbocycles. The van der Waals surface area contributed by atoms with Gasteiger partial charge in [-0.15, -0.1) is 9.20 Å². The van der Waals surface area contributed by atoms with Crippen LogP contribution in [0, 0.1) is 13.8 Å². The van der Waals surface area contributed by atoms with Crippen molar-refractivity contribution in [3.8, 4) is 0 Å². The van der Waals surface area contributed by atoms with Crippen molar-refractivity contribution in [1.29, 1.82) is 0 Å². The molecule has 0 bridgehead atoms. The van der Waals surface area contributed by atoms with Crippen LogP contribution in [0.3, 0.4) is 0 Å². The summed E-state index contributed by atoms with van der Waals surface area (Å²) in [5.41, 5.74) is 5.04. The first-order valence-electron chi connectivity index (χ1n) is 9.16. The van der Waals surface area contributed by atoms with Gasteiger partial charge in [0.15, 0.2) is 0 Å². The van der Waals surface area contributed by atoms with Crippen LogP contribution < -0.4 is 4.68 Å². The van der Waals surface area contributed by atoms with Crippen LogP contribution in [0.1, 0.15) is 56.6 Å². The molecule has 0 N–H and O–H groups in total. The number of benzene rings is 2. The number of aryl methyl sites for hydroxylation is 2. The van der Waals surface area contributed by atoms with Crippen LogP contribution in [0.4, 0.5) is 0 Å². The molecule has 2 heterocycles. The molecule has 2 aromatic heterocycles. The molecule has 4 rings (SSSR count). The molecule has 0 radical (unpaired) electrons. The van der Waals surface area contributed by atoms with Gasteiger partial charge in [-0.25, -0.2) is 0 Å². The highest BCUT2D eigenvalue weighted by molar-refractivity contribution is 6.13. The maximum Gasteiger partial charge on any atom is 0.317 e. The van der Waals surface area contributed by atoms with Crippen LogP contribution in [0.2, 0.25) is 0 Å². The largest absolute Gasteiger partial charge is 0.317 e. The lowest BCUT2D eigenvalue weighted by Gasteiger charge is -2.15. The lowest BCUT2D eigenvalue weighted by atomic mass is 9.95. The first-order valence-corrected chi connectivity index (χ1v) is 9.16. The number of nitrogens with zero attached hydrogens (tertiary/aromatic N) is 3. The molecule has 3 heteroatoms. The van der Waals surface area contributed by atoms with Crippen LogP contribution in [-0.4, -0.2) is 9.50 Å². The second-order valence-electron chi connectivity index (χ2n) is 7.63. The van der Waals surface area contributed by atoms with E-state index in [0.29, 0.717) is 12.0 Å². The molecule has 128 valence electrons. The quantitative estimate of drug-likeness (QED) is 0.363. The summed E-state index contributed by atoms with van der Waals surface area (Å²) in [7, 11) is 0. The molecular weight excluding hydrogens is 306 g/mol. The van der Waals surface area contributed by atoms with Crippen molar-refractivity contribution < 1.29 is 4.68 Å². The number of hydrogen-bond donors (Lipinski definition) is 0. The SMILES string of the molecule is Cc1cccc2c1c1cccc(C(C)C)c1n1c2nc(C)[n+]1C(C)C. The van der Waals surface area contributed by atoms with Gasteiger partial charge >= 0.3 is 5.82 Å². The zero-order chi connectivity index (χ0) is 17.9. The minimum Gasteiger partial charge on any atom is -0.146 e. The van der Waals surface area contributed by atoms with Crippen LogP contribution in [0.5, 0.6) is 0 Å². The number of rotatable bonds is 2. The fraction of sp³-hybridized carbons (Fsp3) is 0.364. The molecule has 0 saturated heterocycles. The van der Waals surface area contributed by atoms with E-state index in [1.807, 2.05) is 0 Å². The Bertz CT molecular complexity index is 1120. The number of para-hydroxylation sites is 1. The second kappa shape index (κ2) is 5.55. The van der Waals surface area contributed by atoms with Crippen LogP contribution in [0.25, 0.3) is 27.3 Å². The van der Waals surface area contributed by atoms with E-state index in [9.17, 15) is 0 Å². The van der Waals surface area contributed by atoms with Crippen molar-refractivity contribution in [2.75, 3.05) is 0 Å². The van der Waals surface area contributed by atoms with Gasteiger partial charge in [0, 0.05) is 17.7 Å². The molecule has 0 fully saturated rings. The summed E-state index contributed by atoms with van der Waals surface area (Å²) in [5.74, 6) is 1.51. The molecule has 25 heavy (non-hydrogen) atoms. The van der Waals surface area contributed by atoms with Gasteiger partial charge in [0.1, 0.15) is 6.04 Å². The molecule has 0 spiro atoms. The summed E-state index contributed by atoms with van der Waals surface area (Å²) < 4.78 is 4.68. The molecular formula is C22H26N3+. The van der Waals surface area contributed by atoms with Crippen molar-refractivity contribution in [3.05, 3.63) is 53.3 Å². The summed E-state index contributed by atoms with van der Waals surface area (Å²) in [6.45, 7) is 13.3. The maximum absolute atomic E-state index is 4.98. The van der Waals surface area contributed by atoms with E-state index in [4.69, 9.17) is 4.98 Å². The zero-order valence-electron chi connectivity index (χ0n) is 16.0. The Balaban J connectivity index is 2.43. The predicted octanol–water partition coefficient (Wildman–Crippen LogP) is 5.25. The third-order valence-corrected chi connectivity index (χ3v) is 5.19. The highest BCUT2D eigenvalue weighted by Gasteiger charge is 2.26. The normalized spacial score (nSPS) is 12.3. The van der Waals surface area contributed by atoms with E-state index in [1.54, 1.807) is 0 Å². The van der Waals surface area contributed by atoms with Gasteiger partial charge in [0.2, 0.25) is 0 Å². The first kappa shape index (κ1) is 16.1. The number of fused-ring (bicyclic) bond motifs is 6. The van der Waals surface area contributed by atoms with Crippen molar-refractivity contribution in [2.45, 2.75) is 53.5 Å². The zero-order valence-corrected chi connectivity index (χ0v) is 16.0. The standard InChI is InChI=1S/C22H26N3/c1-13(2)17-10-8-11-18-20-15(5)9-7-12-19(20)22-23-16(6)24(14(3)4)25(22)21(17)18/h7-14H,1-6H3/q+1. The molecule has 3 nitrogen and oxygen atoms in total. The van der Waals surface area contributed by atoms with E-state index < -0.39 is 0 Å². The fourth-order valence-electron chi connectivity index (χ4n) is 4.17. The van der Waals surface area contributed by atoms with Crippen molar-refractivity contribution >= 4 is 27.3 Å². The Hall–Kier alpha value is -2.42. The molecule has 0 aliphatic carbocycles. The van der Waals surface area contributed by atoms with Gasteiger partial charge in [-0.1, -0.05) is 44.2 Å². The average molecular weight is 332 g/mol. The van der Waals surface area contributed by atoms with Crippen LogP contribution >= 0.6 is 0 Å². The number of aromatic nitrogens is 3. The maximum atomic E-state index is 4.98. The molecule has 0 aliphatic rings. The van der Waals surface area contributed by atoms with E-state index in [-0.39, 0.29) is 0 Å². The van der Waals surface area contributed by atoms with E-state index in [0.717, 1.165) is 11.5 Å². The van der Waals surface area contributed by atoms with E-state index >= 15 is 0 Å².